The van der Waals surface area contributed by atoms with Gasteiger partial charge in [0.2, 0.25) is 5.91 Å². The second-order valence-electron chi connectivity index (χ2n) is 9.17. The molecule has 2 aromatic carbocycles. The van der Waals surface area contributed by atoms with Crippen molar-refractivity contribution >= 4 is 17.8 Å². The number of halogens is 4. The second-order valence-corrected chi connectivity index (χ2v) is 9.17. The SMILES string of the molecule is CCCN1c2cc(F)c(/C=N/NC(=O)Cc3cccc(C(F)(F)F)c3)cc2C(C)CC1(C)C. The van der Waals surface area contributed by atoms with Crippen molar-refractivity contribution in [1.29, 1.82) is 0 Å². The Hall–Kier alpha value is -2.90. The van der Waals surface area contributed by atoms with Gasteiger partial charge in [-0.1, -0.05) is 32.0 Å². The minimum atomic E-state index is -4.48. The van der Waals surface area contributed by atoms with E-state index >= 15 is 0 Å². The van der Waals surface area contributed by atoms with Gasteiger partial charge in [0, 0.05) is 23.3 Å². The lowest BCUT2D eigenvalue weighted by atomic mass is 9.79. The summed E-state index contributed by atoms with van der Waals surface area (Å²) in [6.07, 6.45) is -1.65. The van der Waals surface area contributed by atoms with Crippen LogP contribution in [0.25, 0.3) is 0 Å². The zero-order valence-electron chi connectivity index (χ0n) is 19.3. The molecule has 1 amide bonds. The predicted molar refractivity (Wildman–Crippen MR) is 122 cm³/mol. The summed E-state index contributed by atoms with van der Waals surface area (Å²) in [6, 6.07) is 7.84. The Kier molecular flexibility index (Phi) is 7.14. The third kappa shape index (κ3) is 5.72. The second kappa shape index (κ2) is 9.53. The molecule has 1 N–H and O–H groups in total. The number of alkyl halides is 3. The van der Waals surface area contributed by atoms with Crippen molar-refractivity contribution in [1.82, 2.24) is 5.43 Å². The number of amides is 1. The Labute approximate surface area is 191 Å². The van der Waals surface area contributed by atoms with E-state index in [1.54, 1.807) is 6.07 Å². The van der Waals surface area contributed by atoms with Crippen LogP contribution in [0.1, 0.15) is 68.7 Å². The summed E-state index contributed by atoms with van der Waals surface area (Å²) < 4.78 is 53.3. The van der Waals surface area contributed by atoms with Crippen LogP contribution < -0.4 is 10.3 Å². The van der Waals surface area contributed by atoms with Gasteiger partial charge in [0.25, 0.3) is 0 Å². The van der Waals surface area contributed by atoms with Gasteiger partial charge in [-0.3, -0.25) is 4.79 Å². The van der Waals surface area contributed by atoms with Gasteiger partial charge >= 0.3 is 6.18 Å². The number of carbonyl (C=O) groups is 1. The summed E-state index contributed by atoms with van der Waals surface area (Å²) in [7, 11) is 0. The van der Waals surface area contributed by atoms with Crippen molar-refractivity contribution in [2.24, 2.45) is 5.10 Å². The molecule has 3 rings (SSSR count). The Morgan fingerprint density at radius 1 is 1.27 bits per heavy atom. The molecule has 1 aliphatic heterocycles. The maximum Gasteiger partial charge on any atom is 0.416 e. The number of rotatable bonds is 6. The van der Waals surface area contributed by atoms with Crippen LogP contribution in [0.4, 0.5) is 23.2 Å². The molecule has 8 heteroatoms. The minimum Gasteiger partial charge on any atom is -0.366 e. The minimum absolute atomic E-state index is 0.0815. The number of hydrazone groups is 1. The van der Waals surface area contributed by atoms with Gasteiger partial charge in [-0.15, -0.1) is 0 Å². The average Bonchev–Trinajstić information content (AvgIpc) is 2.71. The number of nitrogens with zero attached hydrogens (tertiary/aromatic N) is 2. The maximum absolute atomic E-state index is 14.9. The lowest BCUT2D eigenvalue weighted by Crippen LogP contribution is -2.48. The Balaban J connectivity index is 1.73. The van der Waals surface area contributed by atoms with E-state index in [0.29, 0.717) is 0 Å². The van der Waals surface area contributed by atoms with Crippen molar-refractivity contribution < 1.29 is 22.4 Å². The van der Waals surface area contributed by atoms with Gasteiger partial charge < -0.3 is 4.90 Å². The molecule has 0 radical (unpaired) electrons. The number of hydrogen-bond donors (Lipinski definition) is 1. The fourth-order valence-corrected chi connectivity index (χ4v) is 4.52. The lowest BCUT2D eigenvalue weighted by Gasteiger charge is -2.47. The van der Waals surface area contributed by atoms with Gasteiger partial charge in [-0.2, -0.15) is 18.3 Å². The fourth-order valence-electron chi connectivity index (χ4n) is 4.52. The quantitative estimate of drug-likeness (QED) is 0.323. The van der Waals surface area contributed by atoms with Crippen LogP contribution >= 0.6 is 0 Å². The zero-order chi connectivity index (χ0) is 24.4. The third-order valence-electron chi connectivity index (χ3n) is 5.96. The summed E-state index contributed by atoms with van der Waals surface area (Å²) in [6.45, 7) is 9.35. The van der Waals surface area contributed by atoms with Crippen molar-refractivity contribution in [3.05, 3.63) is 64.5 Å². The summed E-state index contributed by atoms with van der Waals surface area (Å²) in [4.78, 5) is 14.4. The van der Waals surface area contributed by atoms with Gasteiger partial charge in [0.1, 0.15) is 5.82 Å². The largest absolute Gasteiger partial charge is 0.416 e. The van der Waals surface area contributed by atoms with Crippen LogP contribution in [0.3, 0.4) is 0 Å². The normalized spacial score (nSPS) is 17.8. The molecule has 178 valence electrons. The van der Waals surface area contributed by atoms with E-state index in [0.717, 1.165) is 42.8 Å². The Bertz CT molecular complexity index is 1050. The maximum atomic E-state index is 14.9. The first-order valence-corrected chi connectivity index (χ1v) is 11.0. The molecular formula is C25H29F4N3O. The fraction of sp³-hybridized carbons (Fsp3) is 0.440. The van der Waals surface area contributed by atoms with Crippen LogP contribution in [0, 0.1) is 5.82 Å². The van der Waals surface area contributed by atoms with Gasteiger partial charge in [-0.05, 0) is 61.9 Å². The number of hydrogen-bond acceptors (Lipinski definition) is 3. The van der Waals surface area contributed by atoms with E-state index in [9.17, 15) is 22.4 Å². The number of carbonyl (C=O) groups excluding carboxylic acids is 1. The molecule has 0 aromatic heterocycles. The van der Waals surface area contributed by atoms with Crippen LogP contribution in [-0.2, 0) is 17.4 Å². The van der Waals surface area contributed by atoms with Crippen LogP contribution in [0.5, 0.6) is 0 Å². The molecule has 0 spiro atoms. The molecule has 1 heterocycles. The topological polar surface area (TPSA) is 44.7 Å². The van der Waals surface area contributed by atoms with Gasteiger partial charge in [-0.25, -0.2) is 9.82 Å². The van der Waals surface area contributed by atoms with Crippen LogP contribution in [0.15, 0.2) is 41.5 Å². The van der Waals surface area contributed by atoms with E-state index in [1.807, 2.05) is 0 Å². The molecule has 0 saturated carbocycles. The third-order valence-corrected chi connectivity index (χ3v) is 5.96. The Morgan fingerprint density at radius 2 is 2.00 bits per heavy atom. The molecule has 0 aliphatic carbocycles. The van der Waals surface area contributed by atoms with Crippen molar-refractivity contribution in [2.75, 3.05) is 11.4 Å². The molecule has 1 aliphatic rings. The summed E-state index contributed by atoms with van der Waals surface area (Å²) in [5, 5.41) is 3.83. The van der Waals surface area contributed by atoms with Gasteiger partial charge in [0.05, 0.1) is 18.2 Å². The average molecular weight is 464 g/mol. The van der Waals surface area contributed by atoms with E-state index in [4.69, 9.17) is 0 Å². The first-order valence-electron chi connectivity index (χ1n) is 11.0. The van der Waals surface area contributed by atoms with E-state index < -0.39 is 23.5 Å². The summed E-state index contributed by atoms with van der Waals surface area (Å²) >= 11 is 0. The standard InChI is InChI=1S/C25H29F4N3O/c1-5-9-32-22-13-21(26)18(12-20(22)16(2)14-24(32,3)4)15-30-31-23(33)11-17-7-6-8-19(10-17)25(27,28)29/h6-8,10,12-13,15-16H,5,9,11,14H2,1-4H3,(H,31,33)/b30-15+. The zero-order valence-corrected chi connectivity index (χ0v) is 19.3. The van der Waals surface area contributed by atoms with E-state index in [-0.39, 0.29) is 29.0 Å². The highest BCUT2D eigenvalue weighted by Gasteiger charge is 2.36. The lowest BCUT2D eigenvalue weighted by molar-refractivity contribution is -0.137. The smallest absolute Gasteiger partial charge is 0.366 e. The molecule has 0 bridgehead atoms. The molecule has 2 aromatic rings. The molecule has 0 saturated heterocycles. The predicted octanol–water partition coefficient (Wildman–Crippen LogP) is 6.04. The molecule has 1 atom stereocenters. The summed E-state index contributed by atoms with van der Waals surface area (Å²) in [5.41, 5.74) is 3.74. The number of nitrogens with one attached hydrogen (secondary N) is 1. The summed E-state index contributed by atoms with van der Waals surface area (Å²) in [5.74, 6) is -0.810. The molecule has 4 nitrogen and oxygen atoms in total. The van der Waals surface area contributed by atoms with Crippen molar-refractivity contribution in [3.63, 3.8) is 0 Å². The molecule has 0 fully saturated rings. The van der Waals surface area contributed by atoms with Crippen molar-refractivity contribution in [2.45, 2.75) is 64.6 Å². The highest BCUT2D eigenvalue weighted by atomic mass is 19.4. The first kappa shape index (κ1) is 24.7. The highest BCUT2D eigenvalue weighted by Crippen LogP contribution is 2.44. The van der Waals surface area contributed by atoms with Crippen LogP contribution in [-0.4, -0.2) is 24.2 Å². The Morgan fingerprint density at radius 3 is 2.67 bits per heavy atom. The first-order chi connectivity index (χ1) is 15.4. The number of benzene rings is 2. The van der Waals surface area contributed by atoms with Crippen molar-refractivity contribution in [3.8, 4) is 0 Å². The molecule has 1 unspecified atom stereocenters. The van der Waals surface area contributed by atoms with Gasteiger partial charge in [0.15, 0.2) is 0 Å². The van der Waals surface area contributed by atoms with E-state index in [2.05, 4.69) is 43.1 Å². The highest BCUT2D eigenvalue weighted by molar-refractivity contribution is 5.85. The number of fused-ring (bicyclic) bond motifs is 1. The monoisotopic (exact) mass is 463 g/mol. The molecular weight excluding hydrogens is 434 g/mol. The molecule has 33 heavy (non-hydrogen) atoms. The van der Waals surface area contributed by atoms with Crippen LogP contribution in [0.2, 0.25) is 0 Å². The van der Waals surface area contributed by atoms with E-state index in [1.165, 1.54) is 24.4 Å². The number of anilines is 1.